The third-order valence-electron chi connectivity index (χ3n) is 2.80. The van der Waals surface area contributed by atoms with E-state index in [9.17, 15) is 8.42 Å². The van der Waals surface area contributed by atoms with Crippen LogP contribution in [0.25, 0.3) is 0 Å². The number of aliphatic hydroxyl groups excluding tert-OH is 1. The van der Waals surface area contributed by atoms with Crippen LogP contribution < -0.4 is 5.73 Å². The Balaban J connectivity index is 3.05. The Morgan fingerprint density at radius 3 is 2.30 bits per heavy atom. The maximum absolute atomic E-state index is 12.5. The Kier molecular flexibility index (Phi) is 6.07. The van der Waals surface area contributed by atoms with Crippen molar-refractivity contribution in [2.75, 3.05) is 13.2 Å². The first-order valence-corrected chi connectivity index (χ1v) is 8.13. The van der Waals surface area contributed by atoms with Crippen LogP contribution >= 0.6 is 12.2 Å². The summed E-state index contributed by atoms with van der Waals surface area (Å²) in [5.74, 6) is 0. The fourth-order valence-electron chi connectivity index (χ4n) is 1.87. The molecule has 0 bridgehead atoms. The Morgan fingerprint density at radius 2 is 1.90 bits per heavy atom. The molecule has 0 aliphatic carbocycles. The zero-order valence-electron chi connectivity index (χ0n) is 11.6. The van der Waals surface area contributed by atoms with Gasteiger partial charge in [-0.25, -0.2) is 8.42 Å². The minimum absolute atomic E-state index is 0.0780. The van der Waals surface area contributed by atoms with Gasteiger partial charge in [0, 0.05) is 19.0 Å². The second-order valence-electron chi connectivity index (χ2n) is 4.72. The van der Waals surface area contributed by atoms with Crippen LogP contribution in [0.2, 0.25) is 0 Å². The third kappa shape index (κ3) is 4.24. The van der Waals surface area contributed by atoms with E-state index in [1.165, 1.54) is 16.4 Å². The molecule has 1 aromatic carbocycles. The predicted molar refractivity (Wildman–Crippen MR) is 83.0 cm³/mol. The highest BCUT2D eigenvalue weighted by Crippen LogP contribution is 2.18. The summed E-state index contributed by atoms with van der Waals surface area (Å²) in [7, 11) is -3.60. The van der Waals surface area contributed by atoms with Crippen molar-refractivity contribution in [1.29, 1.82) is 0 Å². The van der Waals surface area contributed by atoms with Crippen LogP contribution in [0.4, 0.5) is 0 Å². The highest BCUT2D eigenvalue weighted by molar-refractivity contribution is 7.89. The molecule has 0 radical (unpaired) electrons. The Morgan fingerprint density at radius 1 is 1.35 bits per heavy atom. The van der Waals surface area contributed by atoms with Gasteiger partial charge in [-0.2, -0.15) is 4.31 Å². The average Bonchev–Trinajstić information content (AvgIpc) is 2.35. The second kappa shape index (κ2) is 7.12. The molecule has 0 heterocycles. The highest BCUT2D eigenvalue weighted by Gasteiger charge is 2.26. The molecule has 0 amide bonds. The molecule has 1 aromatic rings. The molecule has 0 saturated heterocycles. The first-order valence-electron chi connectivity index (χ1n) is 6.29. The molecule has 0 atom stereocenters. The standard InChI is InChI=1S/C13H20N2O3S2/c1-10(2)15(7-8-16)20(17,18)12-5-3-11(4-6-12)9-13(14)19/h3-6,10,16H,7-9H2,1-2H3,(H2,14,19). The fraction of sp³-hybridized carbons (Fsp3) is 0.462. The van der Waals surface area contributed by atoms with Crippen molar-refractivity contribution >= 4 is 27.2 Å². The molecule has 7 heteroatoms. The topological polar surface area (TPSA) is 83.6 Å². The molecule has 5 nitrogen and oxygen atoms in total. The van der Waals surface area contributed by atoms with E-state index < -0.39 is 10.0 Å². The SMILES string of the molecule is CC(C)N(CCO)S(=O)(=O)c1ccc(CC(N)=S)cc1. The van der Waals surface area contributed by atoms with Crippen molar-refractivity contribution in [3.05, 3.63) is 29.8 Å². The summed E-state index contributed by atoms with van der Waals surface area (Å²) < 4.78 is 26.2. The lowest BCUT2D eigenvalue weighted by atomic mass is 10.1. The Bertz CT molecular complexity index is 553. The van der Waals surface area contributed by atoms with Gasteiger partial charge in [0.15, 0.2) is 0 Å². The van der Waals surface area contributed by atoms with Crippen LogP contribution in [0.3, 0.4) is 0 Å². The minimum Gasteiger partial charge on any atom is -0.395 e. The first-order chi connectivity index (χ1) is 9.28. The monoisotopic (exact) mass is 316 g/mol. The van der Waals surface area contributed by atoms with Crippen molar-refractivity contribution in [2.24, 2.45) is 5.73 Å². The molecule has 0 fully saturated rings. The average molecular weight is 316 g/mol. The smallest absolute Gasteiger partial charge is 0.243 e. The van der Waals surface area contributed by atoms with E-state index in [0.717, 1.165) is 5.56 Å². The molecular weight excluding hydrogens is 296 g/mol. The van der Waals surface area contributed by atoms with Crippen molar-refractivity contribution in [3.8, 4) is 0 Å². The van der Waals surface area contributed by atoms with Crippen molar-refractivity contribution in [3.63, 3.8) is 0 Å². The molecule has 0 spiro atoms. The summed E-state index contributed by atoms with van der Waals surface area (Å²) in [6.45, 7) is 3.41. The number of sulfonamides is 1. The van der Waals surface area contributed by atoms with Gasteiger partial charge < -0.3 is 10.8 Å². The molecule has 1 rings (SSSR count). The van der Waals surface area contributed by atoms with Crippen LogP contribution in [0.15, 0.2) is 29.2 Å². The highest BCUT2D eigenvalue weighted by atomic mass is 32.2. The number of hydrogen-bond acceptors (Lipinski definition) is 4. The summed E-state index contributed by atoms with van der Waals surface area (Å²) in [4.78, 5) is 0.566. The number of hydrogen-bond donors (Lipinski definition) is 2. The van der Waals surface area contributed by atoms with E-state index >= 15 is 0 Å². The predicted octanol–water partition coefficient (Wildman–Crippen LogP) is 0.907. The van der Waals surface area contributed by atoms with Gasteiger partial charge in [0.05, 0.1) is 16.5 Å². The number of aliphatic hydroxyl groups is 1. The van der Waals surface area contributed by atoms with E-state index in [0.29, 0.717) is 11.4 Å². The number of nitrogens with zero attached hydrogens (tertiary/aromatic N) is 1. The second-order valence-corrected chi connectivity index (χ2v) is 7.14. The van der Waals surface area contributed by atoms with Gasteiger partial charge in [-0.05, 0) is 31.5 Å². The summed E-state index contributed by atoms with van der Waals surface area (Å²) in [6, 6.07) is 6.25. The van der Waals surface area contributed by atoms with Gasteiger partial charge in [0.2, 0.25) is 10.0 Å². The minimum atomic E-state index is -3.60. The maximum atomic E-state index is 12.5. The van der Waals surface area contributed by atoms with Gasteiger partial charge in [-0.1, -0.05) is 24.4 Å². The van der Waals surface area contributed by atoms with Crippen molar-refractivity contribution in [1.82, 2.24) is 4.31 Å². The zero-order valence-corrected chi connectivity index (χ0v) is 13.2. The van der Waals surface area contributed by atoms with Gasteiger partial charge >= 0.3 is 0 Å². The molecule has 0 aliphatic rings. The fourth-order valence-corrected chi connectivity index (χ4v) is 3.66. The van der Waals surface area contributed by atoms with Gasteiger partial charge in [0.25, 0.3) is 0 Å². The molecule has 0 unspecified atom stereocenters. The van der Waals surface area contributed by atoms with E-state index in [2.05, 4.69) is 0 Å². The Hall–Kier alpha value is -1.02. The van der Waals surface area contributed by atoms with Crippen LogP contribution in [-0.4, -0.2) is 42.0 Å². The van der Waals surface area contributed by atoms with E-state index in [4.69, 9.17) is 23.1 Å². The summed E-state index contributed by atoms with van der Waals surface area (Å²) in [5, 5.41) is 9.00. The number of thiocarbonyl (C=S) groups is 1. The van der Waals surface area contributed by atoms with E-state index in [1.54, 1.807) is 26.0 Å². The van der Waals surface area contributed by atoms with Gasteiger partial charge in [0.1, 0.15) is 0 Å². The van der Waals surface area contributed by atoms with Crippen LogP contribution in [-0.2, 0) is 16.4 Å². The normalized spacial score (nSPS) is 12.1. The largest absolute Gasteiger partial charge is 0.395 e. The number of benzene rings is 1. The summed E-state index contributed by atoms with van der Waals surface area (Å²) in [6.07, 6.45) is 0.445. The quantitative estimate of drug-likeness (QED) is 0.731. The maximum Gasteiger partial charge on any atom is 0.243 e. The van der Waals surface area contributed by atoms with Gasteiger partial charge in [-0.15, -0.1) is 0 Å². The lowest BCUT2D eigenvalue weighted by molar-refractivity contribution is 0.236. The van der Waals surface area contributed by atoms with E-state index in [1.807, 2.05) is 0 Å². The van der Waals surface area contributed by atoms with Crippen LogP contribution in [0.5, 0.6) is 0 Å². The number of rotatable bonds is 7. The number of nitrogens with two attached hydrogens (primary N) is 1. The van der Waals surface area contributed by atoms with Crippen LogP contribution in [0, 0.1) is 0 Å². The molecule has 112 valence electrons. The lowest BCUT2D eigenvalue weighted by Crippen LogP contribution is -2.38. The van der Waals surface area contributed by atoms with Crippen molar-refractivity contribution < 1.29 is 13.5 Å². The summed E-state index contributed by atoms with van der Waals surface area (Å²) >= 11 is 4.82. The van der Waals surface area contributed by atoms with E-state index in [-0.39, 0.29) is 24.1 Å². The molecule has 0 aromatic heterocycles. The molecular formula is C13H20N2O3S2. The molecule has 0 saturated carbocycles. The van der Waals surface area contributed by atoms with Crippen molar-refractivity contribution in [2.45, 2.75) is 31.2 Å². The lowest BCUT2D eigenvalue weighted by Gasteiger charge is -2.25. The molecule has 3 N–H and O–H groups in total. The molecule has 0 aliphatic heterocycles. The third-order valence-corrected chi connectivity index (χ3v) is 5.04. The first kappa shape index (κ1) is 17.0. The van der Waals surface area contributed by atoms with Gasteiger partial charge in [-0.3, -0.25) is 0 Å². The molecule has 20 heavy (non-hydrogen) atoms. The zero-order chi connectivity index (χ0) is 15.3. The Labute approximate surface area is 125 Å². The summed E-state index contributed by atoms with van der Waals surface area (Å²) in [5.41, 5.74) is 6.32. The van der Waals surface area contributed by atoms with Crippen LogP contribution in [0.1, 0.15) is 19.4 Å².